The van der Waals surface area contributed by atoms with E-state index >= 15 is 0 Å². The summed E-state index contributed by atoms with van der Waals surface area (Å²) < 4.78 is 0. The Morgan fingerprint density at radius 1 is 1.18 bits per heavy atom. The summed E-state index contributed by atoms with van der Waals surface area (Å²) in [5.41, 5.74) is 1.36. The van der Waals surface area contributed by atoms with Crippen LogP contribution >= 0.6 is 23.2 Å². The van der Waals surface area contributed by atoms with Crippen LogP contribution in [0.15, 0.2) is 36.5 Å². The van der Waals surface area contributed by atoms with Gasteiger partial charge in [-0.05, 0) is 36.8 Å². The average Bonchev–Trinajstić information content (AvgIpc) is 2.52. The van der Waals surface area contributed by atoms with Gasteiger partial charge in [0.1, 0.15) is 5.82 Å². The molecule has 0 saturated carbocycles. The van der Waals surface area contributed by atoms with Crippen molar-refractivity contribution in [2.24, 2.45) is 0 Å². The summed E-state index contributed by atoms with van der Waals surface area (Å²) in [6.07, 6.45) is 3.94. The molecule has 6 heteroatoms. The minimum absolute atomic E-state index is 0.280. The fourth-order valence-electron chi connectivity index (χ4n) is 1.81. The molecule has 0 bridgehead atoms. The third-order valence-electron chi connectivity index (χ3n) is 3.05. The number of pyridine rings is 1. The topological polar surface area (TPSA) is 54.0 Å². The molecule has 0 spiro atoms. The highest BCUT2D eigenvalue weighted by atomic mass is 35.5. The quantitative estimate of drug-likeness (QED) is 0.740. The average molecular weight is 338 g/mol. The molecule has 22 heavy (non-hydrogen) atoms. The van der Waals surface area contributed by atoms with Gasteiger partial charge >= 0.3 is 0 Å². The van der Waals surface area contributed by atoms with Crippen LogP contribution in [0, 0.1) is 0 Å². The van der Waals surface area contributed by atoms with Gasteiger partial charge in [0.15, 0.2) is 0 Å². The van der Waals surface area contributed by atoms with Crippen LogP contribution in [0.5, 0.6) is 0 Å². The number of unbranched alkanes of at least 4 members (excludes halogenated alkanes) is 1. The number of benzene rings is 1. The van der Waals surface area contributed by atoms with E-state index in [9.17, 15) is 4.79 Å². The van der Waals surface area contributed by atoms with Crippen molar-refractivity contribution in [1.29, 1.82) is 0 Å². The molecule has 2 rings (SSSR count). The van der Waals surface area contributed by atoms with Gasteiger partial charge in [-0.15, -0.1) is 0 Å². The Balaban J connectivity index is 1.97. The van der Waals surface area contributed by atoms with Crippen LogP contribution in [-0.2, 0) is 0 Å². The van der Waals surface area contributed by atoms with E-state index in [-0.39, 0.29) is 5.91 Å². The van der Waals surface area contributed by atoms with E-state index in [1.807, 2.05) is 6.07 Å². The number of hydrogen-bond acceptors (Lipinski definition) is 3. The van der Waals surface area contributed by atoms with Crippen molar-refractivity contribution in [2.75, 3.05) is 17.2 Å². The van der Waals surface area contributed by atoms with E-state index in [1.165, 1.54) is 6.07 Å². The van der Waals surface area contributed by atoms with Crippen LogP contribution in [0.2, 0.25) is 10.0 Å². The lowest BCUT2D eigenvalue weighted by Crippen LogP contribution is -2.13. The molecule has 116 valence electrons. The van der Waals surface area contributed by atoms with Crippen molar-refractivity contribution >= 4 is 40.6 Å². The molecular formula is C16H17Cl2N3O. The molecule has 1 amide bonds. The number of carbonyl (C=O) groups is 1. The highest BCUT2D eigenvalue weighted by molar-refractivity contribution is 6.42. The van der Waals surface area contributed by atoms with Crippen LogP contribution < -0.4 is 10.6 Å². The molecule has 2 N–H and O–H groups in total. The smallest absolute Gasteiger partial charge is 0.256 e. The van der Waals surface area contributed by atoms with Gasteiger partial charge in [0.05, 0.1) is 21.9 Å². The number of nitrogens with zero attached hydrogens (tertiary/aromatic N) is 1. The van der Waals surface area contributed by atoms with Gasteiger partial charge in [0, 0.05) is 12.1 Å². The van der Waals surface area contributed by atoms with Crippen LogP contribution in [-0.4, -0.2) is 17.4 Å². The number of anilines is 2. The predicted molar refractivity (Wildman–Crippen MR) is 92.0 cm³/mol. The maximum atomic E-state index is 12.1. The Morgan fingerprint density at radius 3 is 2.64 bits per heavy atom. The van der Waals surface area contributed by atoms with Gasteiger partial charge in [-0.2, -0.15) is 0 Å². The molecule has 2 aromatic rings. The molecule has 0 saturated heterocycles. The Labute approximate surface area is 139 Å². The second-order valence-corrected chi connectivity index (χ2v) is 5.61. The maximum Gasteiger partial charge on any atom is 0.256 e. The van der Waals surface area contributed by atoms with Gasteiger partial charge in [0.2, 0.25) is 0 Å². The SMILES string of the molecule is CCCCNc1ccc(NC(=O)c2ccc(Cl)c(Cl)c2)nc1. The normalized spacial score (nSPS) is 10.3. The van der Waals surface area contributed by atoms with Crippen LogP contribution in [0.25, 0.3) is 0 Å². The van der Waals surface area contributed by atoms with E-state index < -0.39 is 0 Å². The van der Waals surface area contributed by atoms with Gasteiger partial charge in [0.25, 0.3) is 5.91 Å². The largest absolute Gasteiger partial charge is 0.384 e. The highest BCUT2D eigenvalue weighted by Gasteiger charge is 2.09. The second kappa shape index (κ2) is 8.01. The molecule has 0 fully saturated rings. The van der Waals surface area contributed by atoms with Crippen LogP contribution in [0.4, 0.5) is 11.5 Å². The third-order valence-corrected chi connectivity index (χ3v) is 3.79. The first-order chi connectivity index (χ1) is 10.6. The molecule has 1 aromatic carbocycles. The summed E-state index contributed by atoms with van der Waals surface area (Å²) in [5.74, 6) is 0.204. The van der Waals surface area contributed by atoms with Gasteiger partial charge in [-0.3, -0.25) is 4.79 Å². The van der Waals surface area contributed by atoms with Crippen LogP contribution in [0.1, 0.15) is 30.1 Å². The zero-order chi connectivity index (χ0) is 15.9. The lowest BCUT2D eigenvalue weighted by atomic mass is 10.2. The molecule has 0 unspecified atom stereocenters. The summed E-state index contributed by atoms with van der Waals surface area (Å²) in [5, 5.41) is 6.74. The molecule has 0 aliphatic rings. The van der Waals surface area contributed by atoms with E-state index in [1.54, 1.807) is 24.4 Å². The van der Waals surface area contributed by atoms with E-state index in [4.69, 9.17) is 23.2 Å². The molecular weight excluding hydrogens is 321 g/mol. The molecule has 0 radical (unpaired) electrons. The van der Waals surface area contributed by atoms with Gasteiger partial charge in [-0.1, -0.05) is 36.5 Å². The Hall–Kier alpha value is -1.78. The zero-order valence-corrected chi connectivity index (χ0v) is 13.7. The number of rotatable bonds is 6. The number of halogens is 2. The second-order valence-electron chi connectivity index (χ2n) is 4.80. The van der Waals surface area contributed by atoms with E-state index in [0.29, 0.717) is 21.4 Å². The Morgan fingerprint density at radius 2 is 2.00 bits per heavy atom. The lowest BCUT2D eigenvalue weighted by Gasteiger charge is -2.08. The number of hydrogen-bond donors (Lipinski definition) is 2. The van der Waals surface area contributed by atoms with Crippen molar-refractivity contribution in [1.82, 2.24) is 4.98 Å². The maximum absolute atomic E-state index is 12.1. The minimum atomic E-state index is -0.280. The van der Waals surface area contributed by atoms with Crippen molar-refractivity contribution < 1.29 is 4.79 Å². The monoisotopic (exact) mass is 337 g/mol. The number of aromatic nitrogens is 1. The van der Waals surface area contributed by atoms with Crippen molar-refractivity contribution in [3.63, 3.8) is 0 Å². The van der Waals surface area contributed by atoms with Gasteiger partial charge < -0.3 is 10.6 Å². The molecule has 0 aliphatic carbocycles. The predicted octanol–water partition coefficient (Wildman–Crippen LogP) is 4.85. The Bertz CT molecular complexity index is 644. The lowest BCUT2D eigenvalue weighted by molar-refractivity contribution is 0.102. The van der Waals surface area contributed by atoms with Crippen LogP contribution in [0.3, 0.4) is 0 Å². The first-order valence-electron chi connectivity index (χ1n) is 7.06. The fourth-order valence-corrected chi connectivity index (χ4v) is 2.11. The fraction of sp³-hybridized carbons (Fsp3) is 0.250. The summed E-state index contributed by atoms with van der Waals surface area (Å²) in [6, 6.07) is 8.37. The van der Waals surface area contributed by atoms with Crippen molar-refractivity contribution in [3.05, 3.63) is 52.1 Å². The first-order valence-corrected chi connectivity index (χ1v) is 7.82. The minimum Gasteiger partial charge on any atom is -0.384 e. The summed E-state index contributed by atoms with van der Waals surface area (Å²) in [4.78, 5) is 16.3. The standard InChI is InChI=1S/C16H17Cl2N3O/c1-2-3-8-19-12-5-7-15(20-10-12)21-16(22)11-4-6-13(17)14(18)9-11/h4-7,9-10,19H,2-3,8H2,1H3,(H,20,21,22). The van der Waals surface area contributed by atoms with E-state index in [2.05, 4.69) is 22.5 Å². The summed E-state index contributed by atoms with van der Waals surface area (Å²) >= 11 is 11.7. The highest BCUT2D eigenvalue weighted by Crippen LogP contribution is 2.23. The first kappa shape index (κ1) is 16.6. The third kappa shape index (κ3) is 4.61. The number of amides is 1. The van der Waals surface area contributed by atoms with Crippen molar-refractivity contribution in [3.8, 4) is 0 Å². The molecule has 4 nitrogen and oxygen atoms in total. The van der Waals surface area contributed by atoms with E-state index in [0.717, 1.165) is 25.1 Å². The summed E-state index contributed by atoms with van der Waals surface area (Å²) in [7, 11) is 0. The zero-order valence-electron chi connectivity index (χ0n) is 12.2. The molecule has 0 atom stereocenters. The molecule has 1 heterocycles. The Kier molecular flexibility index (Phi) is 6.04. The molecule has 0 aliphatic heterocycles. The number of nitrogens with one attached hydrogen (secondary N) is 2. The van der Waals surface area contributed by atoms with Crippen molar-refractivity contribution in [2.45, 2.75) is 19.8 Å². The summed E-state index contributed by atoms with van der Waals surface area (Å²) in [6.45, 7) is 3.05. The number of carbonyl (C=O) groups excluding carboxylic acids is 1. The molecule has 1 aromatic heterocycles. The van der Waals surface area contributed by atoms with Gasteiger partial charge in [-0.25, -0.2) is 4.98 Å².